The molecule has 3 fully saturated rings. The topological polar surface area (TPSA) is 84.1 Å². The Morgan fingerprint density at radius 2 is 1.77 bits per heavy atom. The number of benzene rings is 1. The molecule has 2 atom stereocenters. The van der Waals surface area contributed by atoms with Crippen LogP contribution in [0.25, 0.3) is 11.3 Å². The molecule has 10 heteroatoms. The average Bonchev–Trinajstić information content (AvgIpc) is 3.41. The molecule has 0 bridgehead atoms. The van der Waals surface area contributed by atoms with Gasteiger partial charge in [-0.3, -0.25) is 19.8 Å². The van der Waals surface area contributed by atoms with Crippen molar-refractivity contribution in [3.05, 3.63) is 63.1 Å². The largest absolute Gasteiger partial charge is 0.351 e. The second-order valence-electron chi connectivity index (χ2n) is 10.0. The lowest BCUT2D eigenvalue weighted by Gasteiger charge is -2.49. The van der Waals surface area contributed by atoms with Gasteiger partial charge >= 0.3 is 5.69 Å². The number of likely N-dealkylation sites (tertiary alicyclic amines) is 1. The number of aromatic nitrogens is 4. The third kappa shape index (κ3) is 4.27. The number of H-pyrrole nitrogens is 2. The summed E-state index contributed by atoms with van der Waals surface area (Å²) in [5.41, 5.74) is 1.87. The Balaban J connectivity index is 1.16. The summed E-state index contributed by atoms with van der Waals surface area (Å²) in [5.74, 6) is 1.10. The number of nitrogens with zero attached hydrogens (tertiary/aromatic N) is 5. The zero-order valence-corrected chi connectivity index (χ0v) is 21.0. The number of hydrogen-bond donors (Lipinski definition) is 2. The standard InChI is InChI=1S/C25H29Cl2N7O/c1-2-17-13-25(17)15-33(23-20(27)28-21-22(29-23)31-24(35)30-21)11-12-34(25)19-7-9-32(10-8-19)14-16-3-5-18(26)6-4-16/h2-6,17,19H,1,7-15H2,(H2,28,29,30,31,35)/t17-,25?/m1/s1. The molecular formula is C25H29Cl2N7O. The fourth-order valence-corrected chi connectivity index (χ4v) is 6.45. The van der Waals surface area contributed by atoms with Crippen molar-refractivity contribution in [1.29, 1.82) is 0 Å². The van der Waals surface area contributed by atoms with Gasteiger partial charge in [-0.25, -0.2) is 14.8 Å². The minimum atomic E-state index is -0.328. The molecule has 1 aromatic carbocycles. The molecule has 2 saturated heterocycles. The lowest BCUT2D eigenvalue weighted by Crippen LogP contribution is -2.61. The summed E-state index contributed by atoms with van der Waals surface area (Å²) in [5, 5.41) is 1.11. The van der Waals surface area contributed by atoms with Crippen LogP contribution in [0.1, 0.15) is 24.8 Å². The van der Waals surface area contributed by atoms with E-state index in [0.29, 0.717) is 34.2 Å². The van der Waals surface area contributed by atoms with E-state index in [1.165, 1.54) is 5.56 Å². The summed E-state index contributed by atoms with van der Waals surface area (Å²) in [4.78, 5) is 33.5. The summed E-state index contributed by atoms with van der Waals surface area (Å²) < 4.78 is 0. The van der Waals surface area contributed by atoms with E-state index < -0.39 is 0 Å². The Bertz CT molecular complexity index is 1300. The van der Waals surface area contributed by atoms with E-state index >= 15 is 0 Å². The number of piperazine rings is 1. The van der Waals surface area contributed by atoms with Crippen LogP contribution in [0.2, 0.25) is 10.2 Å². The number of nitrogens with one attached hydrogen (secondary N) is 2. The Hall–Kier alpha value is -2.39. The maximum atomic E-state index is 11.7. The zero-order chi connectivity index (χ0) is 24.2. The van der Waals surface area contributed by atoms with Crippen LogP contribution in [-0.4, -0.2) is 74.0 Å². The molecule has 3 aliphatic rings. The van der Waals surface area contributed by atoms with E-state index in [-0.39, 0.29) is 11.2 Å². The molecule has 2 N–H and O–H groups in total. The first-order chi connectivity index (χ1) is 16.9. The fourth-order valence-electron chi connectivity index (χ4n) is 6.08. The highest BCUT2D eigenvalue weighted by Gasteiger charge is 2.60. The quantitative estimate of drug-likeness (QED) is 0.506. The van der Waals surface area contributed by atoms with Crippen LogP contribution in [0, 0.1) is 5.92 Å². The number of rotatable bonds is 5. The number of halogens is 2. The second kappa shape index (κ2) is 8.92. The molecule has 8 nitrogen and oxygen atoms in total. The van der Waals surface area contributed by atoms with Crippen LogP contribution in [0.4, 0.5) is 5.82 Å². The second-order valence-corrected chi connectivity index (χ2v) is 10.8. The molecule has 3 aromatic rings. The van der Waals surface area contributed by atoms with Gasteiger partial charge in [0.15, 0.2) is 22.3 Å². The zero-order valence-electron chi connectivity index (χ0n) is 19.5. The highest BCUT2D eigenvalue weighted by molar-refractivity contribution is 6.32. The fraction of sp³-hybridized carbons (Fsp3) is 0.480. The molecule has 0 radical (unpaired) electrons. The molecular weight excluding hydrogens is 485 g/mol. The highest BCUT2D eigenvalue weighted by atomic mass is 35.5. The van der Waals surface area contributed by atoms with E-state index in [9.17, 15) is 4.79 Å². The van der Waals surface area contributed by atoms with Gasteiger partial charge < -0.3 is 4.90 Å². The Labute approximate surface area is 213 Å². The van der Waals surface area contributed by atoms with Crippen LogP contribution in [0.5, 0.6) is 0 Å². The molecule has 4 heterocycles. The van der Waals surface area contributed by atoms with Crippen molar-refractivity contribution in [1.82, 2.24) is 29.7 Å². The molecule has 1 spiro atoms. The van der Waals surface area contributed by atoms with Crippen molar-refractivity contribution in [3.8, 4) is 0 Å². The molecule has 2 aromatic heterocycles. The maximum absolute atomic E-state index is 11.7. The van der Waals surface area contributed by atoms with Crippen LogP contribution >= 0.6 is 23.2 Å². The van der Waals surface area contributed by atoms with Crippen molar-refractivity contribution in [2.45, 2.75) is 37.4 Å². The Kier molecular flexibility index (Phi) is 5.87. The van der Waals surface area contributed by atoms with Gasteiger partial charge in [-0.15, -0.1) is 6.58 Å². The summed E-state index contributed by atoms with van der Waals surface area (Å²) in [6.07, 6.45) is 5.53. The molecule has 0 amide bonds. The van der Waals surface area contributed by atoms with E-state index in [1.807, 2.05) is 12.1 Å². The van der Waals surface area contributed by atoms with E-state index in [1.54, 1.807) is 0 Å². The minimum absolute atomic E-state index is 0.0640. The third-order valence-corrected chi connectivity index (χ3v) is 8.46. The maximum Gasteiger partial charge on any atom is 0.326 e. The van der Waals surface area contributed by atoms with E-state index in [4.69, 9.17) is 23.2 Å². The van der Waals surface area contributed by atoms with Gasteiger partial charge in [0, 0.05) is 42.8 Å². The van der Waals surface area contributed by atoms with Crippen molar-refractivity contribution < 1.29 is 0 Å². The van der Waals surface area contributed by atoms with Gasteiger partial charge in [-0.2, -0.15) is 0 Å². The number of hydrogen-bond acceptors (Lipinski definition) is 6. The Morgan fingerprint density at radius 3 is 2.46 bits per heavy atom. The summed E-state index contributed by atoms with van der Waals surface area (Å²) in [7, 11) is 0. The molecule has 2 aliphatic heterocycles. The first kappa shape index (κ1) is 23.0. The van der Waals surface area contributed by atoms with Gasteiger partial charge in [0.25, 0.3) is 0 Å². The van der Waals surface area contributed by atoms with Crippen molar-refractivity contribution >= 4 is 40.3 Å². The van der Waals surface area contributed by atoms with Gasteiger partial charge in [0.1, 0.15) is 0 Å². The molecule has 184 valence electrons. The van der Waals surface area contributed by atoms with Gasteiger partial charge in [-0.1, -0.05) is 41.4 Å². The Morgan fingerprint density at radius 1 is 1.06 bits per heavy atom. The van der Waals surface area contributed by atoms with Crippen LogP contribution < -0.4 is 10.6 Å². The highest BCUT2D eigenvalue weighted by Crippen LogP contribution is 2.53. The molecule has 1 unspecified atom stereocenters. The minimum Gasteiger partial charge on any atom is -0.351 e. The van der Waals surface area contributed by atoms with E-state index in [0.717, 1.165) is 63.6 Å². The van der Waals surface area contributed by atoms with Crippen molar-refractivity contribution in [2.24, 2.45) is 5.92 Å². The summed E-state index contributed by atoms with van der Waals surface area (Å²) in [6.45, 7) is 9.89. The van der Waals surface area contributed by atoms with Crippen LogP contribution in [-0.2, 0) is 6.54 Å². The van der Waals surface area contributed by atoms with E-state index in [2.05, 4.69) is 59.4 Å². The normalized spacial score (nSPS) is 26.0. The summed E-state index contributed by atoms with van der Waals surface area (Å²) >= 11 is 12.5. The molecule has 35 heavy (non-hydrogen) atoms. The number of piperidine rings is 1. The molecule has 1 saturated carbocycles. The average molecular weight is 514 g/mol. The molecule has 6 rings (SSSR count). The molecule has 1 aliphatic carbocycles. The predicted molar refractivity (Wildman–Crippen MR) is 139 cm³/mol. The first-order valence-electron chi connectivity index (χ1n) is 12.2. The number of anilines is 1. The van der Waals surface area contributed by atoms with Gasteiger partial charge in [0.05, 0.1) is 0 Å². The smallest absolute Gasteiger partial charge is 0.326 e. The third-order valence-electron chi connectivity index (χ3n) is 7.95. The number of aromatic amines is 2. The van der Waals surface area contributed by atoms with Crippen molar-refractivity contribution in [2.75, 3.05) is 37.6 Å². The van der Waals surface area contributed by atoms with Crippen LogP contribution in [0.15, 0.2) is 41.7 Å². The lowest BCUT2D eigenvalue weighted by molar-refractivity contribution is 0.0470. The lowest BCUT2D eigenvalue weighted by atomic mass is 9.96. The predicted octanol–water partition coefficient (Wildman–Crippen LogP) is 3.68. The number of fused-ring (bicyclic) bond motifs is 1. The number of imidazole rings is 1. The first-order valence-corrected chi connectivity index (χ1v) is 13.0. The van der Waals surface area contributed by atoms with Gasteiger partial charge in [-0.05, 0) is 56.0 Å². The van der Waals surface area contributed by atoms with Crippen molar-refractivity contribution in [3.63, 3.8) is 0 Å². The van der Waals surface area contributed by atoms with Gasteiger partial charge in [0.2, 0.25) is 0 Å². The monoisotopic (exact) mass is 513 g/mol. The summed E-state index contributed by atoms with van der Waals surface area (Å²) in [6, 6.07) is 8.75. The van der Waals surface area contributed by atoms with Crippen LogP contribution in [0.3, 0.4) is 0 Å². The SMILES string of the molecule is C=C[C@@H]1CC12CN(c1nc3[nH]c(=O)[nH]c3nc1Cl)CCN2C1CCN(Cc2ccc(Cl)cc2)CC1.